The Labute approximate surface area is 121 Å². The van der Waals surface area contributed by atoms with Crippen molar-refractivity contribution in [2.24, 2.45) is 7.05 Å². The third-order valence-electron chi connectivity index (χ3n) is 3.34. The number of pyridine rings is 1. The Kier molecular flexibility index (Phi) is 4.02. The maximum Gasteiger partial charge on any atom is 0.338 e. The molecule has 2 rings (SSSR count). The van der Waals surface area contributed by atoms with E-state index in [0.717, 1.165) is 11.3 Å². The molecule has 0 bridgehead atoms. The lowest BCUT2D eigenvalue weighted by molar-refractivity contribution is 0.0689. The van der Waals surface area contributed by atoms with Crippen LogP contribution >= 0.6 is 0 Å². The molecule has 0 aliphatic rings. The molecule has 1 amide bonds. The second-order valence-corrected chi connectivity index (χ2v) is 4.71. The van der Waals surface area contributed by atoms with Gasteiger partial charge in [0.05, 0.1) is 17.8 Å². The SMILES string of the molecule is Cc1c(C(C)NC(=O)c2ncccc2C(=O)O)cnn1C. The van der Waals surface area contributed by atoms with Gasteiger partial charge in [0, 0.05) is 24.5 Å². The van der Waals surface area contributed by atoms with Crippen molar-refractivity contribution in [3.63, 3.8) is 0 Å². The minimum absolute atomic E-state index is 0.0987. The summed E-state index contributed by atoms with van der Waals surface area (Å²) in [4.78, 5) is 27.2. The van der Waals surface area contributed by atoms with Crippen molar-refractivity contribution in [2.75, 3.05) is 0 Å². The highest BCUT2D eigenvalue weighted by Crippen LogP contribution is 2.17. The monoisotopic (exact) mass is 288 g/mol. The van der Waals surface area contributed by atoms with E-state index in [-0.39, 0.29) is 17.3 Å². The molecule has 1 unspecified atom stereocenters. The van der Waals surface area contributed by atoms with Gasteiger partial charge in [0.15, 0.2) is 0 Å². The third kappa shape index (κ3) is 2.91. The number of carbonyl (C=O) groups excluding carboxylic acids is 1. The fraction of sp³-hybridized carbons (Fsp3) is 0.286. The minimum Gasteiger partial charge on any atom is -0.478 e. The number of aryl methyl sites for hydroxylation is 1. The first-order chi connectivity index (χ1) is 9.91. The van der Waals surface area contributed by atoms with Gasteiger partial charge in [0.2, 0.25) is 0 Å². The summed E-state index contributed by atoms with van der Waals surface area (Å²) in [5.74, 6) is -1.71. The van der Waals surface area contributed by atoms with Crippen LogP contribution in [0.3, 0.4) is 0 Å². The van der Waals surface area contributed by atoms with Crippen LogP contribution in [-0.4, -0.2) is 31.7 Å². The summed E-state index contributed by atoms with van der Waals surface area (Å²) in [7, 11) is 1.81. The van der Waals surface area contributed by atoms with E-state index >= 15 is 0 Å². The van der Waals surface area contributed by atoms with E-state index < -0.39 is 11.9 Å². The normalized spacial score (nSPS) is 12.0. The van der Waals surface area contributed by atoms with Crippen LogP contribution in [0.1, 0.15) is 45.1 Å². The fourth-order valence-corrected chi connectivity index (χ4v) is 2.04. The van der Waals surface area contributed by atoms with Gasteiger partial charge in [-0.1, -0.05) is 0 Å². The van der Waals surface area contributed by atoms with Crippen molar-refractivity contribution in [1.29, 1.82) is 0 Å². The maximum atomic E-state index is 12.2. The van der Waals surface area contributed by atoms with Crippen molar-refractivity contribution in [1.82, 2.24) is 20.1 Å². The van der Waals surface area contributed by atoms with Crippen molar-refractivity contribution < 1.29 is 14.7 Å². The van der Waals surface area contributed by atoms with Gasteiger partial charge in [0.25, 0.3) is 5.91 Å². The zero-order chi connectivity index (χ0) is 15.6. The number of nitrogens with zero attached hydrogens (tertiary/aromatic N) is 3. The van der Waals surface area contributed by atoms with E-state index in [4.69, 9.17) is 5.11 Å². The van der Waals surface area contributed by atoms with Gasteiger partial charge in [0.1, 0.15) is 5.69 Å². The highest BCUT2D eigenvalue weighted by Gasteiger charge is 2.21. The van der Waals surface area contributed by atoms with E-state index in [2.05, 4.69) is 15.4 Å². The molecule has 0 radical (unpaired) electrons. The van der Waals surface area contributed by atoms with Crippen LogP contribution in [0.15, 0.2) is 24.5 Å². The van der Waals surface area contributed by atoms with Gasteiger partial charge < -0.3 is 10.4 Å². The van der Waals surface area contributed by atoms with Crippen molar-refractivity contribution >= 4 is 11.9 Å². The molecule has 0 aliphatic heterocycles. The average molecular weight is 288 g/mol. The molecule has 2 N–H and O–H groups in total. The number of carboxylic acids is 1. The van der Waals surface area contributed by atoms with Crippen LogP contribution in [0.4, 0.5) is 0 Å². The fourth-order valence-electron chi connectivity index (χ4n) is 2.04. The molecule has 7 nitrogen and oxygen atoms in total. The zero-order valence-corrected chi connectivity index (χ0v) is 12.0. The van der Waals surface area contributed by atoms with E-state index in [1.54, 1.807) is 10.9 Å². The van der Waals surface area contributed by atoms with Crippen LogP contribution in [0.5, 0.6) is 0 Å². The molecule has 21 heavy (non-hydrogen) atoms. The average Bonchev–Trinajstić information content (AvgIpc) is 2.79. The maximum absolute atomic E-state index is 12.2. The van der Waals surface area contributed by atoms with Crippen molar-refractivity contribution in [2.45, 2.75) is 19.9 Å². The highest BCUT2D eigenvalue weighted by atomic mass is 16.4. The number of aromatic carboxylic acids is 1. The quantitative estimate of drug-likeness (QED) is 0.884. The van der Waals surface area contributed by atoms with Crippen molar-refractivity contribution in [3.8, 4) is 0 Å². The Morgan fingerprint density at radius 3 is 2.71 bits per heavy atom. The topological polar surface area (TPSA) is 97.1 Å². The van der Waals surface area contributed by atoms with E-state index in [1.165, 1.54) is 18.3 Å². The molecule has 0 saturated carbocycles. The summed E-state index contributed by atoms with van der Waals surface area (Å²) in [5.41, 5.74) is 1.59. The predicted octanol–water partition coefficient (Wildman–Crippen LogP) is 1.31. The predicted molar refractivity (Wildman–Crippen MR) is 75.0 cm³/mol. The number of nitrogens with one attached hydrogen (secondary N) is 1. The number of aromatic nitrogens is 3. The van der Waals surface area contributed by atoms with Gasteiger partial charge in [-0.15, -0.1) is 0 Å². The number of hydrogen-bond acceptors (Lipinski definition) is 4. The Morgan fingerprint density at radius 2 is 2.14 bits per heavy atom. The van der Waals surface area contributed by atoms with E-state index in [0.29, 0.717) is 0 Å². The molecular formula is C14H16N4O3. The molecule has 0 fully saturated rings. The second kappa shape index (κ2) is 5.74. The Balaban J connectivity index is 2.22. The summed E-state index contributed by atoms with van der Waals surface area (Å²) in [5, 5.41) is 15.9. The standard InChI is InChI=1S/C14H16N4O3/c1-8(11-7-16-18(3)9(11)2)17-13(19)12-10(14(20)21)5-4-6-15-12/h4-8H,1-3H3,(H,17,19)(H,20,21). The number of hydrogen-bond donors (Lipinski definition) is 2. The summed E-state index contributed by atoms with van der Waals surface area (Å²) in [6, 6.07) is 2.54. The molecule has 0 saturated heterocycles. The molecule has 2 aromatic rings. The molecule has 110 valence electrons. The molecule has 1 atom stereocenters. The van der Waals surface area contributed by atoms with Gasteiger partial charge in [-0.05, 0) is 26.0 Å². The van der Waals surface area contributed by atoms with Crippen LogP contribution in [-0.2, 0) is 7.05 Å². The highest BCUT2D eigenvalue weighted by molar-refractivity contribution is 6.03. The summed E-state index contributed by atoms with van der Waals surface area (Å²) in [6.45, 7) is 3.71. The molecule has 2 heterocycles. The van der Waals surface area contributed by atoms with E-state index in [1.807, 2.05) is 20.9 Å². The summed E-state index contributed by atoms with van der Waals surface area (Å²) < 4.78 is 1.71. The Bertz CT molecular complexity index is 693. The Hall–Kier alpha value is -2.70. The first-order valence-corrected chi connectivity index (χ1v) is 6.39. The van der Waals surface area contributed by atoms with Crippen LogP contribution in [0.25, 0.3) is 0 Å². The van der Waals surface area contributed by atoms with Gasteiger partial charge in [-0.25, -0.2) is 4.79 Å². The zero-order valence-electron chi connectivity index (χ0n) is 12.0. The van der Waals surface area contributed by atoms with Gasteiger partial charge in [-0.2, -0.15) is 5.10 Å². The smallest absolute Gasteiger partial charge is 0.338 e. The van der Waals surface area contributed by atoms with Crippen LogP contribution in [0.2, 0.25) is 0 Å². The van der Waals surface area contributed by atoms with Crippen LogP contribution in [0, 0.1) is 6.92 Å². The Morgan fingerprint density at radius 1 is 1.43 bits per heavy atom. The minimum atomic E-state index is -1.18. The molecule has 0 aliphatic carbocycles. The number of amides is 1. The van der Waals surface area contributed by atoms with Crippen molar-refractivity contribution in [3.05, 3.63) is 47.0 Å². The lowest BCUT2D eigenvalue weighted by atomic mass is 10.1. The molecule has 2 aromatic heterocycles. The lowest BCUT2D eigenvalue weighted by Gasteiger charge is -2.14. The molecular weight excluding hydrogens is 272 g/mol. The second-order valence-electron chi connectivity index (χ2n) is 4.71. The van der Waals surface area contributed by atoms with E-state index in [9.17, 15) is 9.59 Å². The first-order valence-electron chi connectivity index (χ1n) is 6.39. The number of carboxylic acid groups (broad SMARTS) is 1. The lowest BCUT2D eigenvalue weighted by Crippen LogP contribution is -2.29. The third-order valence-corrected chi connectivity index (χ3v) is 3.34. The summed E-state index contributed by atoms with van der Waals surface area (Å²) >= 11 is 0. The first kappa shape index (κ1) is 14.7. The van der Waals surface area contributed by atoms with Crippen LogP contribution < -0.4 is 5.32 Å². The molecule has 0 spiro atoms. The van der Waals surface area contributed by atoms with Gasteiger partial charge >= 0.3 is 5.97 Å². The molecule has 0 aromatic carbocycles. The number of rotatable bonds is 4. The molecule has 7 heteroatoms. The summed E-state index contributed by atoms with van der Waals surface area (Å²) in [6.07, 6.45) is 3.07. The number of carbonyl (C=O) groups is 2. The largest absolute Gasteiger partial charge is 0.478 e. The van der Waals surface area contributed by atoms with Gasteiger partial charge in [-0.3, -0.25) is 14.5 Å².